The minimum absolute atomic E-state index is 0.00431. The Morgan fingerprint density at radius 2 is 1.80 bits per heavy atom. The Balaban J connectivity index is 2.10. The standard InChI is InChI=1S/C22H23F2NO4S/c1-4-30(27,28)13-15-8-16(17-7-14(2)22(26)25(3)12-17)10-19(9-15)29-21-6-5-18(23)11-20(21)24/h5-12,27-28H,4,13H2,1-3H3. The summed E-state index contributed by atoms with van der Waals surface area (Å²) in [6, 6.07) is 9.75. The van der Waals surface area contributed by atoms with Crippen LogP contribution in [0.4, 0.5) is 8.78 Å². The van der Waals surface area contributed by atoms with E-state index in [1.54, 1.807) is 51.4 Å². The van der Waals surface area contributed by atoms with Crippen LogP contribution in [0.1, 0.15) is 18.1 Å². The molecule has 3 rings (SSSR count). The molecule has 0 amide bonds. The topological polar surface area (TPSA) is 71.7 Å². The third kappa shape index (κ3) is 5.08. The highest BCUT2D eigenvalue weighted by Gasteiger charge is 2.15. The van der Waals surface area contributed by atoms with Gasteiger partial charge >= 0.3 is 0 Å². The Labute approximate surface area is 174 Å². The number of aryl methyl sites for hydroxylation is 2. The second-order valence-corrected chi connectivity index (χ2v) is 9.58. The quantitative estimate of drug-likeness (QED) is 0.521. The van der Waals surface area contributed by atoms with E-state index in [2.05, 4.69) is 0 Å². The van der Waals surface area contributed by atoms with E-state index in [9.17, 15) is 22.7 Å². The van der Waals surface area contributed by atoms with Gasteiger partial charge in [-0.1, -0.05) is 0 Å². The van der Waals surface area contributed by atoms with Crippen LogP contribution in [0.3, 0.4) is 0 Å². The van der Waals surface area contributed by atoms with Crippen LogP contribution in [0.25, 0.3) is 11.1 Å². The van der Waals surface area contributed by atoms with Crippen molar-refractivity contribution >= 4 is 10.6 Å². The normalized spacial score (nSPS) is 12.1. The summed E-state index contributed by atoms with van der Waals surface area (Å²) in [6.07, 6.45) is 1.66. The fourth-order valence-electron chi connectivity index (χ4n) is 3.06. The molecule has 8 heteroatoms. The highest BCUT2D eigenvalue weighted by atomic mass is 32.3. The summed E-state index contributed by atoms with van der Waals surface area (Å²) in [5, 5.41) is 0. The Kier molecular flexibility index (Phi) is 6.30. The first-order valence-electron chi connectivity index (χ1n) is 9.26. The number of hydrogen-bond acceptors (Lipinski definition) is 4. The minimum Gasteiger partial charge on any atom is -0.454 e. The molecular formula is C22H23F2NO4S. The maximum absolute atomic E-state index is 14.1. The van der Waals surface area contributed by atoms with Gasteiger partial charge in [0.2, 0.25) is 0 Å². The van der Waals surface area contributed by atoms with Crippen molar-refractivity contribution in [3.05, 3.63) is 81.8 Å². The molecule has 0 aliphatic rings. The molecule has 1 aromatic heterocycles. The molecule has 0 saturated heterocycles. The van der Waals surface area contributed by atoms with E-state index >= 15 is 0 Å². The summed E-state index contributed by atoms with van der Waals surface area (Å²) < 4.78 is 54.7. The van der Waals surface area contributed by atoms with Crippen LogP contribution in [0.15, 0.2) is 53.5 Å². The van der Waals surface area contributed by atoms with Gasteiger partial charge in [0.25, 0.3) is 5.56 Å². The second kappa shape index (κ2) is 8.59. The molecule has 30 heavy (non-hydrogen) atoms. The van der Waals surface area contributed by atoms with Crippen molar-refractivity contribution in [2.45, 2.75) is 19.6 Å². The number of pyridine rings is 1. The highest BCUT2D eigenvalue weighted by Crippen LogP contribution is 2.43. The van der Waals surface area contributed by atoms with Crippen molar-refractivity contribution in [3.8, 4) is 22.6 Å². The van der Waals surface area contributed by atoms with Crippen LogP contribution < -0.4 is 10.3 Å². The van der Waals surface area contributed by atoms with Gasteiger partial charge in [0.05, 0.1) is 5.75 Å². The predicted molar refractivity (Wildman–Crippen MR) is 115 cm³/mol. The lowest BCUT2D eigenvalue weighted by Crippen LogP contribution is -2.18. The summed E-state index contributed by atoms with van der Waals surface area (Å²) in [7, 11) is -1.19. The number of nitrogens with zero attached hydrogens (tertiary/aromatic N) is 1. The zero-order chi connectivity index (χ0) is 22.1. The largest absolute Gasteiger partial charge is 0.454 e. The second-order valence-electron chi connectivity index (χ2n) is 7.11. The Morgan fingerprint density at radius 3 is 2.43 bits per heavy atom. The molecular weight excluding hydrogens is 412 g/mol. The Bertz CT molecular complexity index is 1120. The van der Waals surface area contributed by atoms with Gasteiger partial charge in [0, 0.05) is 30.6 Å². The average molecular weight is 435 g/mol. The van der Waals surface area contributed by atoms with Crippen molar-refractivity contribution in [3.63, 3.8) is 0 Å². The number of hydrogen-bond donors (Lipinski definition) is 2. The van der Waals surface area contributed by atoms with E-state index in [4.69, 9.17) is 4.74 Å². The molecule has 0 saturated carbocycles. The fourth-order valence-corrected chi connectivity index (χ4v) is 3.96. The average Bonchev–Trinajstić information content (AvgIpc) is 2.67. The van der Waals surface area contributed by atoms with E-state index in [1.165, 1.54) is 10.6 Å². The zero-order valence-electron chi connectivity index (χ0n) is 16.9. The zero-order valence-corrected chi connectivity index (χ0v) is 17.7. The van der Waals surface area contributed by atoms with E-state index in [1.807, 2.05) is 0 Å². The molecule has 2 aromatic carbocycles. The monoisotopic (exact) mass is 435 g/mol. The smallest absolute Gasteiger partial charge is 0.253 e. The van der Waals surface area contributed by atoms with Crippen molar-refractivity contribution in [2.24, 2.45) is 7.05 Å². The molecule has 0 radical (unpaired) electrons. The predicted octanol–water partition coefficient (Wildman–Crippen LogP) is 5.70. The molecule has 0 bridgehead atoms. The van der Waals surface area contributed by atoms with Crippen molar-refractivity contribution in [1.29, 1.82) is 0 Å². The molecule has 0 atom stereocenters. The summed E-state index contributed by atoms with van der Waals surface area (Å²) in [5.74, 6) is -1.27. The van der Waals surface area contributed by atoms with Gasteiger partial charge in [-0.05, 0) is 66.9 Å². The third-order valence-corrected chi connectivity index (χ3v) is 6.36. The molecule has 3 aromatic rings. The summed E-state index contributed by atoms with van der Waals surface area (Å²) in [5.41, 5.74) is 2.38. The Morgan fingerprint density at radius 1 is 1.07 bits per heavy atom. The number of benzene rings is 2. The molecule has 0 aliphatic heterocycles. The van der Waals surface area contributed by atoms with Gasteiger partial charge in [0.1, 0.15) is 11.6 Å². The van der Waals surface area contributed by atoms with E-state index in [0.29, 0.717) is 22.3 Å². The van der Waals surface area contributed by atoms with Crippen LogP contribution >= 0.6 is 10.6 Å². The molecule has 0 unspecified atom stereocenters. The summed E-state index contributed by atoms with van der Waals surface area (Å²) >= 11 is 0. The maximum Gasteiger partial charge on any atom is 0.253 e. The molecule has 0 spiro atoms. The van der Waals surface area contributed by atoms with E-state index in [-0.39, 0.29) is 28.6 Å². The minimum atomic E-state index is -2.83. The number of ether oxygens (including phenoxy) is 1. The van der Waals surface area contributed by atoms with Crippen molar-refractivity contribution in [1.82, 2.24) is 4.57 Å². The third-order valence-electron chi connectivity index (χ3n) is 4.64. The number of aromatic nitrogens is 1. The summed E-state index contributed by atoms with van der Waals surface area (Å²) in [4.78, 5) is 12.0. The van der Waals surface area contributed by atoms with E-state index in [0.717, 1.165) is 12.1 Å². The van der Waals surface area contributed by atoms with Gasteiger partial charge in [-0.15, -0.1) is 0 Å². The van der Waals surface area contributed by atoms with Crippen molar-refractivity contribution < 1.29 is 22.6 Å². The first-order valence-corrected chi connectivity index (χ1v) is 11.1. The lowest BCUT2D eigenvalue weighted by atomic mass is 10.0. The molecule has 0 aliphatic carbocycles. The SMILES string of the molecule is CCS(O)(O)Cc1cc(Oc2ccc(F)cc2F)cc(-c2cc(C)c(=O)n(C)c2)c1. The van der Waals surface area contributed by atoms with Gasteiger partial charge < -0.3 is 9.30 Å². The van der Waals surface area contributed by atoms with Crippen LogP contribution in [0, 0.1) is 18.6 Å². The molecule has 0 fully saturated rings. The molecule has 5 nitrogen and oxygen atoms in total. The first-order chi connectivity index (χ1) is 14.1. The lowest BCUT2D eigenvalue weighted by Gasteiger charge is -2.31. The molecule has 1 heterocycles. The molecule has 160 valence electrons. The first kappa shape index (κ1) is 22.0. The van der Waals surface area contributed by atoms with Crippen LogP contribution in [-0.4, -0.2) is 19.4 Å². The number of rotatable bonds is 6. The maximum atomic E-state index is 14.1. The van der Waals surface area contributed by atoms with Crippen LogP contribution in [0.5, 0.6) is 11.5 Å². The van der Waals surface area contributed by atoms with Crippen LogP contribution in [-0.2, 0) is 12.8 Å². The number of halogens is 2. The van der Waals surface area contributed by atoms with Gasteiger partial charge in [-0.25, -0.2) is 8.78 Å². The van der Waals surface area contributed by atoms with Crippen LogP contribution in [0.2, 0.25) is 0 Å². The van der Waals surface area contributed by atoms with Gasteiger partial charge in [-0.2, -0.15) is 10.6 Å². The highest BCUT2D eigenvalue weighted by molar-refractivity contribution is 8.23. The summed E-state index contributed by atoms with van der Waals surface area (Å²) in [6.45, 7) is 3.38. The lowest BCUT2D eigenvalue weighted by molar-refractivity contribution is 0.437. The van der Waals surface area contributed by atoms with Crippen molar-refractivity contribution in [2.75, 3.05) is 5.75 Å². The molecule has 2 N–H and O–H groups in total. The van der Waals surface area contributed by atoms with Gasteiger partial charge in [0.15, 0.2) is 11.6 Å². The fraction of sp³-hybridized carbons (Fsp3) is 0.227. The van der Waals surface area contributed by atoms with Gasteiger partial charge in [-0.3, -0.25) is 13.9 Å². The Hall–Kier alpha value is -2.68. The van der Waals surface area contributed by atoms with E-state index < -0.39 is 22.2 Å².